The maximum atomic E-state index is 11.8. The van der Waals surface area contributed by atoms with Gasteiger partial charge < -0.3 is 9.47 Å². The Morgan fingerprint density at radius 3 is 2.78 bits per heavy atom. The summed E-state index contributed by atoms with van der Waals surface area (Å²) < 4.78 is 10.9. The van der Waals surface area contributed by atoms with Gasteiger partial charge in [-0.25, -0.2) is 4.79 Å². The number of rotatable bonds is 3. The fourth-order valence-corrected chi connectivity index (χ4v) is 1.84. The fourth-order valence-electron chi connectivity index (χ4n) is 1.84. The normalized spacial score (nSPS) is 23.4. The molecule has 0 amide bonds. The van der Waals surface area contributed by atoms with Crippen molar-refractivity contribution in [3.8, 4) is 0 Å². The molecule has 0 spiro atoms. The van der Waals surface area contributed by atoms with E-state index in [-0.39, 0.29) is 12.1 Å². The number of hydrogen-bond donors (Lipinski definition) is 0. The smallest absolute Gasteiger partial charge is 0.340 e. The number of benzene rings is 1. The van der Waals surface area contributed by atoms with Crippen LogP contribution >= 0.6 is 0 Å². The molecule has 0 aromatic heterocycles. The van der Waals surface area contributed by atoms with Gasteiger partial charge in [-0.05, 0) is 24.1 Å². The second kappa shape index (κ2) is 5.65. The second-order valence-corrected chi connectivity index (χ2v) is 4.19. The van der Waals surface area contributed by atoms with E-state index in [4.69, 9.17) is 9.47 Å². The third kappa shape index (κ3) is 2.87. The topological polar surface area (TPSA) is 35.5 Å². The van der Waals surface area contributed by atoms with Crippen molar-refractivity contribution in [2.45, 2.75) is 25.2 Å². The molecule has 1 saturated heterocycles. The molecule has 1 heterocycles. The predicted octanol–water partition coefficient (Wildman–Crippen LogP) is 3.09. The molecular formula is C15H16O3. The maximum Gasteiger partial charge on any atom is 0.340 e. The van der Waals surface area contributed by atoms with Crippen LogP contribution in [0.4, 0.5) is 0 Å². The highest BCUT2D eigenvalue weighted by molar-refractivity contribution is 5.89. The molecule has 0 aliphatic carbocycles. The van der Waals surface area contributed by atoms with Gasteiger partial charge in [-0.15, -0.1) is 6.58 Å². The zero-order valence-corrected chi connectivity index (χ0v) is 10.2. The van der Waals surface area contributed by atoms with Crippen LogP contribution in [0.15, 0.2) is 55.1 Å². The quantitative estimate of drug-likeness (QED) is 0.605. The first kappa shape index (κ1) is 12.6. The summed E-state index contributed by atoms with van der Waals surface area (Å²) in [6, 6.07) is 8.88. The van der Waals surface area contributed by atoms with Crippen molar-refractivity contribution >= 4 is 5.97 Å². The van der Waals surface area contributed by atoms with Crippen molar-refractivity contribution in [2.75, 3.05) is 0 Å². The minimum absolute atomic E-state index is 0.229. The molecule has 1 fully saturated rings. The van der Waals surface area contributed by atoms with Gasteiger partial charge in [-0.3, -0.25) is 0 Å². The Morgan fingerprint density at radius 1 is 1.39 bits per heavy atom. The number of hydrogen-bond acceptors (Lipinski definition) is 3. The second-order valence-electron chi connectivity index (χ2n) is 4.19. The first-order valence-electron chi connectivity index (χ1n) is 5.92. The average molecular weight is 244 g/mol. The Labute approximate surface area is 107 Å². The molecule has 3 nitrogen and oxygen atoms in total. The summed E-state index contributed by atoms with van der Waals surface area (Å²) in [5.41, 5.74) is 1.50. The largest absolute Gasteiger partial charge is 0.432 e. The van der Waals surface area contributed by atoms with Gasteiger partial charge in [-0.1, -0.05) is 30.9 Å². The number of ether oxygens (including phenoxy) is 2. The van der Waals surface area contributed by atoms with Crippen LogP contribution in [0.2, 0.25) is 0 Å². The Morgan fingerprint density at radius 2 is 2.11 bits per heavy atom. The van der Waals surface area contributed by atoms with Crippen LogP contribution in [-0.4, -0.2) is 18.4 Å². The molecule has 1 aromatic rings. The van der Waals surface area contributed by atoms with E-state index >= 15 is 0 Å². The van der Waals surface area contributed by atoms with E-state index in [0.717, 1.165) is 12.0 Å². The molecule has 1 aliphatic heterocycles. The predicted molar refractivity (Wildman–Crippen MR) is 69.1 cm³/mol. The van der Waals surface area contributed by atoms with E-state index in [9.17, 15) is 4.79 Å². The minimum atomic E-state index is -0.522. The highest BCUT2D eigenvalue weighted by Gasteiger charge is 2.26. The summed E-state index contributed by atoms with van der Waals surface area (Å²) >= 11 is 0. The third-order valence-corrected chi connectivity index (χ3v) is 2.86. The Kier molecular flexibility index (Phi) is 3.95. The number of carbonyl (C=O) groups excluding carboxylic acids is 1. The molecule has 0 radical (unpaired) electrons. The summed E-state index contributed by atoms with van der Waals surface area (Å²) in [5, 5.41) is 0. The van der Waals surface area contributed by atoms with Gasteiger partial charge in [0.25, 0.3) is 0 Å². The van der Waals surface area contributed by atoms with Gasteiger partial charge in [0.15, 0.2) is 0 Å². The first-order valence-corrected chi connectivity index (χ1v) is 5.92. The molecule has 94 valence electrons. The third-order valence-electron chi connectivity index (χ3n) is 2.86. The molecule has 0 bridgehead atoms. The van der Waals surface area contributed by atoms with Crippen LogP contribution in [0.25, 0.3) is 0 Å². The molecule has 18 heavy (non-hydrogen) atoms. The average Bonchev–Trinajstić information content (AvgIpc) is 2.42. The lowest BCUT2D eigenvalue weighted by Gasteiger charge is -2.29. The lowest BCUT2D eigenvalue weighted by molar-refractivity contribution is -0.137. The SMILES string of the molecule is C=C[C@H]1O[C@H](OC(=O)c2ccccc2)CCC1=C. The summed E-state index contributed by atoms with van der Waals surface area (Å²) in [6.45, 7) is 7.58. The van der Waals surface area contributed by atoms with Crippen molar-refractivity contribution in [1.82, 2.24) is 0 Å². The monoisotopic (exact) mass is 244 g/mol. The van der Waals surface area contributed by atoms with E-state index in [1.165, 1.54) is 0 Å². The molecular weight excluding hydrogens is 228 g/mol. The van der Waals surface area contributed by atoms with E-state index in [2.05, 4.69) is 13.2 Å². The van der Waals surface area contributed by atoms with Crippen LogP contribution in [0.1, 0.15) is 23.2 Å². The van der Waals surface area contributed by atoms with E-state index < -0.39 is 6.29 Å². The van der Waals surface area contributed by atoms with Crippen molar-refractivity contribution in [3.63, 3.8) is 0 Å². The Balaban J connectivity index is 1.96. The zero-order chi connectivity index (χ0) is 13.0. The van der Waals surface area contributed by atoms with E-state index in [1.54, 1.807) is 30.3 Å². The van der Waals surface area contributed by atoms with Gasteiger partial charge in [-0.2, -0.15) is 0 Å². The van der Waals surface area contributed by atoms with Crippen LogP contribution in [0.5, 0.6) is 0 Å². The number of carbonyl (C=O) groups is 1. The van der Waals surface area contributed by atoms with Gasteiger partial charge in [0, 0.05) is 6.42 Å². The van der Waals surface area contributed by atoms with Crippen LogP contribution in [0, 0.1) is 0 Å². The van der Waals surface area contributed by atoms with Crippen LogP contribution in [-0.2, 0) is 9.47 Å². The van der Waals surface area contributed by atoms with Crippen LogP contribution < -0.4 is 0 Å². The molecule has 3 heteroatoms. The lowest BCUT2D eigenvalue weighted by Crippen LogP contribution is -2.31. The minimum Gasteiger partial charge on any atom is -0.432 e. The van der Waals surface area contributed by atoms with Gasteiger partial charge >= 0.3 is 5.97 Å². The van der Waals surface area contributed by atoms with Crippen molar-refractivity contribution < 1.29 is 14.3 Å². The Bertz CT molecular complexity index is 450. The van der Waals surface area contributed by atoms with Crippen molar-refractivity contribution in [1.29, 1.82) is 0 Å². The van der Waals surface area contributed by atoms with Crippen molar-refractivity contribution in [2.24, 2.45) is 0 Å². The van der Waals surface area contributed by atoms with E-state index in [0.29, 0.717) is 12.0 Å². The molecule has 1 aliphatic rings. The van der Waals surface area contributed by atoms with Gasteiger partial charge in [0.1, 0.15) is 6.10 Å². The molecule has 0 unspecified atom stereocenters. The highest BCUT2D eigenvalue weighted by Crippen LogP contribution is 2.25. The maximum absolute atomic E-state index is 11.8. The standard InChI is InChI=1S/C15H16O3/c1-3-13-11(2)9-10-14(17-13)18-15(16)12-7-5-4-6-8-12/h3-8,13-14H,1-2,9-10H2/t13-,14-/m1/s1. The molecule has 0 saturated carbocycles. The summed E-state index contributed by atoms with van der Waals surface area (Å²) in [6.07, 6.45) is 2.34. The fraction of sp³-hybridized carbons (Fsp3) is 0.267. The molecule has 1 aromatic carbocycles. The molecule has 0 N–H and O–H groups in total. The molecule has 2 rings (SSSR count). The highest BCUT2D eigenvalue weighted by atomic mass is 16.7. The number of esters is 1. The van der Waals surface area contributed by atoms with Crippen LogP contribution in [0.3, 0.4) is 0 Å². The lowest BCUT2D eigenvalue weighted by atomic mass is 10.0. The van der Waals surface area contributed by atoms with E-state index in [1.807, 2.05) is 6.07 Å². The first-order chi connectivity index (χ1) is 8.70. The van der Waals surface area contributed by atoms with Gasteiger partial charge in [0.2, 0.25) is 6.29 Å². The Hall–Kier alpha value is -1.87. The molecule has 2 atom stereocenters. The zero-order valence-electron chi connectivity index (χ0n) is 10.2. The summed E-state index contributed by atoms with van der Waals surface area (Å²) in [5.74, 6) is -0.365. The van der Waals surface area contributed by atoms with Gasteiger partial charge in [0.05, 0.1) is 5.56 Å². The van der Waals surface area contributed by atoms with Crippen molar-refractivity contribution in [3.05, 3.63) is 60.7 Å². The summed E-state index contributed by atoms with van der Waals surface area (Å²) in [4.78, 5) is 11.8. The summed E-state index contributed by atoms with van der Waals surface area (Å²) in [7, 11) is 0.